The standard InChI is InChI=1S/C27H29N3O7/c1-35-24-13-19-16-29(11-9-18(19)12-23(24)31)10-8-17-4-6-20(7-5-17)28-27(32)21-14-25(36-2)26(37-3)15-22(21)30(33)34/h4-7,12-15,31H,8-11,16H2,1-3H3,(H,28,32). The summed E-state index contributed by atoms with van der Waals surface area (Å²) >= 11 is 0. The molecule has 0 spiro atoms. The van der Waals surface area contributed by atoms with Gasteiger partial charge in [0.05, 0.1) is 32.3 Å². The van der Waals surface area contributed by atoms with E-state index in [1.54, 1.807) is 25.3 Å². The average Bonchev–Trinajstić information content (AvgIpc) is 2.91. The van der Waals surface area contributed by atoms with Gasteiger partial charge in [-0.15, -0.1) is 0 Å². The molecule has 4 rings (SSSR count). The lowest BCUT2D eigenvalue weighted by Crippen LogP contribution is -2.32. The highest BCUT2D eigenvalue weighted by Gasteiger charge is 2.25. The number of benzene rings is 3. The van der Waals surface area contributed by atoms with E-state index < -0.39 is 10.8 Å². The Balaban J connectivity index is 1.39. The second-order valence-electron chi connectivity index (χ2n) is 8.70. The lowest BCUT2D eigenvalue weighted by Gasteiger charge is -2.29. The number of phenolic OH excluding ortho intramolecular Hbond substituents is 1. The van der Waals surface area contributed by atoms with Crippen molar-refractivity contribution in [2.45, 2.75) is 19.4 Å². The number of phenols is 1. The highest BCUT2D eigenvalue weighted by atomic mass is 16.6. The zero-order valence-electron chi connectivity index (χ0n) is 20.9. The Morgan fingerprint density at radius 3 is 2.32 bits per heavy atom. The number of nitro benzene ring substituents is 1. The molecule has 0 unspecified atom stereocenters. The van der Waals surface area contributed by atoms with Crippen molar-refractivity contribution in [1.82, 2.24) is 4.90 Å². The number of fused-ring (bicyclic) bond motifs is 1. The number of methoxy groups -OCH3 is 3. The molecular formula is C27H29N3O7. The molecule has 0 atom stereocenters. The van der Waals surface area contributed by atoms with Crippen LogP contribution in [0.5, 0.6) is 23.0 Å². The number of amides is 1. The maximum atomic E-state index is 12.8. The number of aromatic hydroxyl groups is 1. The molecule has 0 saturated carbocycles. The number of anilines is 1. The van der Waals surface area contributed by atoms with E-state index in [-0.39, 0.29) is 28.5 Å². The summed E-state index contributed by atoms with van der Waals surface area (Å²) in [6.45, 7) is 2.54. The zero-order valence-corrected chi connectivity index (χ0v) is 20.9. The van der Waals surface area contributed by atoms with Crippen LogP contribution in [0.15, 0.2) is 48.5 Å². The molecule has 0 bridgehead atoms. The molecule has 2 N–H and O–H groups in total. The van der Waals surface area contributed by atoms with Crippen LogP contribution in [-0.4, -0.2) is 55.3 Å². The number of carbonyl (C=O) groups is 1. The minimum absolute atomic E-state index is 0.123. The molecule has 194 valence electrons. The van der Waals surface area contributed by atoms with Crippen LogP contribution in [0, 0.1) is 10.1 Å². The minimum Gasteiger partial charge on any atom is -0.504 e. The predicted molar refractivity (Wildman–Crippen MR) is 138 cm³/mol. The molecule has 37 heavy (non-hydrogen) atoms. The molecular weight excluding hydrogens is 478 g/mol. The highest BCUT2D eigenvalue weighted by Crippen LogP contribution is 2.35. The number of nitro groups is 1. The van der Waals surface area contributed by atoms with Gasteiger partial charge in [-0.1, -0.05) is 12.1 Å². The number of nitrogens with zero attached hydrogens (tertiary/aromatic N) is 2. The third-order valence-corrected chi connectivity index (χ3v) is 6.46. The van der Waals surface area contributed by atoms with E-state index >= 15 is 0 Å². The highest BCUT2D eigenvalue weighted by molar-refractivity contribution is 6.07. The van der Waals surface area contributed by atoms with Crippen molar-refractivity contribution in [2.24, 2.45) is 0 Å². The summed E-state index contributed by atoms with van der Waals surface area (Å²) in [7, 11) is 4.31. The topological polar surface area (TPSA) is 123 Å². The van der Waals surface area contributed by atoms with E-state index in [1.807, 2.05) is 18.2 Å². The Morgan fingerprint density at radius 1 is 1.00 bits per heavy atom. The number of hydrogen-bond donors (Lipinski definition) is 2. The molecule has 0 aromatic heterocycles. The van der Waals surface area contributed by atoms with Crippen LogP contribution in [0.25, 0.3) is 0 Å². The van der Waals surface area contributed by atoms with Gasteiger partial charge in [0.15, 0.2) is 23.0 Å². The fraction of sp³-hybridized carbons (Fsp3) is 0.296. The van der Waals surface area contributed by atoms with Gasteiger partial charge in [-0.05, 0) is 53.8 Å². The zero-order chi connectivity index (χ0) is 26.5. The lowest BCUT2D eigenvalue weighted by atomic mass is 9.98. The number of nitrogens with one attached hydrogen (secondary N) is 1. The van der Waals surface area contributed by atoms with Crippen LogP contribution in [0.1, 0.15) is 27.0 Å². The minimum atomic E-state index is -0.627. The molecule has 1 aliphatic heterocycles. The second-order valence-corrected chi connectivity index (χ2v) is 8.70. The van der Waals surface area contributed by atoms with Gasteiger partial charge in [0.25, 0.3) is 11.6 Å². The van der Waals surface area contributed by atoms with E-state index in [2.05, 4.69) is 10.2 Å². The van der Waals surface area contributed by atoms with Gasteiger partial charge in [0.2, 0.25) is 0 Å². The summed E-state index contributed by atoms with van der Waals surface area (Å²) in [6, 6.07) is 13.6. The Bertz CT molecular complexity index is 1310. The summed E-state index contributed by atoms with van der Waals surface area (Å²) in [5.74, 6) is 0.432. The summed E-state index contributed by atoms with van der Waals surface area (Å²) in [5, 5.41) is 24.2. The van der Waals surface area contributed by atoms with E-state index in [1.165, 1.54) is 26.4 Å². The van der Waals surface area contributed by atoms with E-state index in [0.29, 0.717) is 11.4 Å². The monoisotopic (exact) mass is 507 g/mol. The molecule has 3 aromatic rings. The van der Waals surface area contributed by atoms with Crippen LogP contribution >= 0.6 is 0 Å². The lowest BCUT2D eigenvalue weighted by molar-refractivity contribution is -0.385. The van der Waals surface area contributed by atoms with Crippen LogP contribution < -0.4 is 19.5 Å². The fourth-order valence-corrected chi connectivity index (χ4v) is 4.43. The Labute approximate surface area is 214 Å². The Morgan fingerprint density at radius 2 is 1.68 bits per heavy atom. The smallest absolute Gasteiger partial charge is 0.286 e. The molecule has 10 heteroatoms. The number of ether oxygens (including phenoxy) is 3. The molecule has 1 heterocycles. The summed E-state index contributed by atoms with van der Waals surface area (Å²) < 4.78 is 15.5. The molecule has 1 amide bonds. The van der Waals surface area contributed by atoms with Gasteiger partial charge >= 0.3 is 0 Å². The first kappa shape index (κ1) is 25.8. The van der Waals surface area contributed by atoms with Crippen molar-refractivity contribution in [3.05, 3.63) is 80.9 Å². The first-order valence-corrected chi connectivity index (χ1v) is 11.7. The van der Waals surface area contributed by atoms with Crippen LogP contribution in [0.4, 0.5) is 11.4 Å². The summed E-state index contributed by atoms with van der Waals surface area (Å²) in [6.07, 6.45) is 1.68. The predicted octanol–water partition coefficient (Wildman–Crippen LogP) is 4.18. The fourth-order valence-electron chi connectivity index (χ4n) is 4.43. The van der Waals surface area contributed by atoms with Crippen molar-refractivity contribution < 1.29 is 29.0 Å². The van der Waals surface area contributed by atoms with Gasteiger partial charge in [-0.3, -0.25) is 19.8 Å². The van der Waals surface area contributed by atoms with Gasteiger partial charge in [0, 0.05) is 31.4 Å². The van der Waals surface area contributed by atoms with Gasteiger partial charge in [0.1, 0.15) is 5.56 Å². The number of hydrogen-bond acceptors (Lipinski definition) is 8. The summed E-state index contributed by atoms with van der Waals surface area (Å²) in [4.78, 5) is 26.1. The maximum absolute atomic E-state index is 12.8. The van der Waals surface area contributed by atoms with Gasteiger partial charge < -0.3 is 24.6 Å². The van der Waals surface area contributed by atoms with Crippen molar-refractivity contribution in [1.29, 1.82) is 0 Å². The Hall–Kier alpha value is -4.31. The van der Waals surface area contributed by atoms with Gasteiger partial charge in [-0.25, -0.2) is 0 Å². The average molecular weight is 508 g/mol. The molecule has 0 fully saturated rings. The maximum Gasteiger partial charge on any atom is 0.286 e. The Kier molecular flexibility index (Phi) is 7.78. The molecule has 0 radical (unpaired) electrons. The van der Waals surface area contributed by atoms with Crippen molar-refractivity contribution in [3.63, 3.8) is 0 Å². The van der Waals surface area contributed by atoms with Crippen LogP contribution in [0.3, 0.4) is 0 Å². The van der Waals surface area contributed by atoms with Crippen molar-refractivity contribution >= 4 is 17.3 Å². The van der Waals surface area contributed by atoms with E-state index in [4.69, 9.17) is 14.2 Å². The normalized spacial score (nSPS) is 12.9. The molecule has 0 aliphatic carbocycles. The van der Waals surface area contributed by atoms with Crippen molar-refractivity contribution in [2.75, 3.05) is 39.7 Å². The van der Waals surface area contributed by atoms with Crippen LogP contribution in [-0.2, 0) is 19.4 Å². The van der Waals surface area contributed by atoms with Crippen LogP contribution in [0.2, 0.25) is 0 Å². The SMILES string of the molecule is COc1cc2c(cc1O)CCN(CCc1ccc(NC(=O)c3cc(OC)c(OC)cc3[N+](=O)[O-])cc1)C2. The third-order valence-electron chi connectivity index (χ3n) is 6.46. The first-order chi connectivity index (χ1) is 17.8. The number of carbonyl (C=O) groups excluding carboxylic acids is 1. The molecule has 1 aliphatic rings. The van der Waals surface area contributed by atoms with Gasteiger partial charge in [-0.2, -0.15) is 0 Å². The quantitative estimate of drug-likeness (QED) is 0.327. The first-order valence-electron chi connectivity index (χ1n) is 11.7. The van der Waals surface area contributed by atoms with E-state index in [0.717, 1.165) is 49.2 Å². The molecule has 0 saturated heterocycles. The molecule has 10 nitrogen and oxygen atoms in total. The largest absolute Gasteiger partial charge is 0.504 e. The van der Waals surface area contributed by atoms with Crippen molar-refractivity contribution in [3.8, 4) is 23.0 Å². The summed E-state index contributed by atoms with van der Waals surface area (Å²) in [5.41, 5.74) is 3.43. The second kappa shape index (κ2) is 11.2. The van der Waals surface area contributed by atoms with E-state index in [9.17, 15) is 20.0 Å². The third kappa shape index (κ3) is 5.75. The molecule has 3 aromatic carbocycles. The number of rotatable bonds is 9.